The van der Waals surface area contributed by atoms with Gasteiger partial charge in [0, 0.05) is 18.5 Å². The third-order valence-corrected chi connectivity index (χ3v) is 4.10. The van der Waals surface area contributed by atoms with Crippen LogP contribution < -0.4 is 16.6 Å². The number of nitrogen functional groups attached to an aromatic ring is 1. The maximum absolute atomic E-state index is 12.6. The second kappa shape index (κ2) is 5.45. The molecular formula is C17H13N5O3. The molecule has 2 aromatic heterocycles. The van der Waals surface area contributed by atoms with Crippen molar-refractivity contribution in [3.8, 4) is 5.69 Å². The van der Waals surface area contributed by atoms with E-state index in [9.17, 15) is 14.4 Å². The molecule has 124 valence electrons. The summed E-state index contributed by atoms with van der Waals surface area (Å²) in [5.41, 5.74) is 7.03. The minimum Gasteiger partial charge on any atom is -0.384 e. The highest BCUT2D eigenvalue weighted by atomic mass is 16.2. The number of pyridine rings is 1. The van der Waals surface area contributed by atoms with Crippen molar-refractivity contribution in [1.29, 1.82) is 0 Å². The number of nitrogens with one attached hydrogen (secondary N) is 1. The number of fused-ring (bicyclic) bond motifs is 1. The molecular weight excluding hydrogens is 322 g/mol. The van der Waals surface area contributed by atoms with Gasteiger partial charge in [0.05, 0.1) is 29.7 Å². The zero-order valence-corrected chi connectivity index (χ0v) is 13.0. The molecule has 1 aliphatic rings. The van der Waals surface area contributed by atoms with E-state index in [4.69, 9.17) is 5.73 Å². The summed E-state index contributed by atoms with van der Waals surface area (Å²) in [5, 5.41) is 2.16. The van der Waals surface area contributed by atoms with Crippen LogP contribution in [0.15, 0.2) is 53.8 Å². The Balaban J connectivity index is 1.92. The lowest BCUT2D eigenvalue weighted by molar-refractivity contribution is 0.0880. The Morgan fingerprint density at radius 1 is 1.12 bits per heavy atom. The quantitative estimate of drug-likeness (QED) is 0.679. The predicted octanol–water partition coefficient (Wildman–Crippen LogP) is 0.548. The first-order valence-electron chi connectivity index (χ1n) is 7.51. The average molecular weight is 335 g/mol. The Hall–Kier alpha value is -3.68. The number of imidazole rings is 1. The van der Waals surface area contributed by atoms with Crippen molar-refractivity contribution in [2.45, 2.75) is 6.54 Å². The molecule has 0 aliphatic carbocycles. The van der Waals surface area contributed by atoms with Crippen LogP contribution in [0.5, 0.6) is 0 Å². The zero-order chi connectivity index (χ0) is 17.6. The number of hydrogen-bond acceptors (Lipinski definition) is 5. The molecule has 0 saturated carbocycles. The van der Waals surface area contributed by atoms with E-state index in [1.807, 2.05) is 16.7 Å². The number of hydrogen-bond donors (Lipinski definition) is 2. The number of nitrogens with two attached hydrogens (primary N) is 1. The first-order valence-corrected chi connectivity index (χ1v) is 7.51. The number of imide groups is 1. The average Bonchev–Trinajstić information content (AvgIpc) is 3.17. The number of rotatable bonds is 3. The number of nitrogens with zero attached hydrogens (tertiary/aromatic N) is 3. The van der Waals surface area contributed by atoms with Crippen LogP contribution >= 0.6 is 0 Å². The van der Waals surface area contributed by atoms with E-state index < -0.39 is 17.4 Å². The van der Waals surface area contributed by atoms with Gasteiger partial charge in [-0.1, -0.05) is 18.2 Å². The summed E-state index contributed by atoms with van der Waals surface area (Å²) in [6.45, 7) is 0.476. The van der Waals surface area contributed by atoms with Crippen LogP contribution in [0.1, 0.15) is 26.3 Å². The maximum Gasteiger partial charge on any atom is 0.262 e. The molecule has 3 N–H and O–H groups in total. The Labute approximate surface area is 141 Å². The Kier molecular flexibility index (Phi) is 3.24. The van der Waals surface area contributed by atoms with E-state index in [1.54, 1.807) is 30.9 Å². The number of anilines is 1. The van der Waals surface area contributed by atoms with Gasteiger partial charge < -0.3 is 10.3 Å². The van der Waals surface area contributed by atoms with Crippen molar-refractivity contribution in [1.82, 2.24) is 19.4 Å². The molecule has 0 radical (unpaired) electrons. The first kappa shape index (κ1) is 14.9. The Morgan fingerprint density at radius 2 is 1.92 bits per heavy atom. The predicted molar refractivity (Wildman–Crippen MR) is 89.6 cm³/mol. The number of carbonyl (C=O) groups is 2. The topological polar surface area (TPSA) is 112 Å². The van der Waals surface area contributed by atoms with E-state index >= 15 is 0 Å². The van der Waals surface area contributed by atoms with E-state index in [-0.39, 0.29) is 16.9 Å². The molecule has 0 fully saturated rings. The van der Waals surface area contributed by atoms with E-state index in [2.05, 4.69) is 10.3 Å². The minimum atomic E-state index is -0.609. The largest absolute Gasteiger partial charge is 0.384 e. The normalized spacial score (nSPS) is 13.0. The van der Waals surface area contributed by atoms with Crippen molar-refractivity contribution >= 4 is 17.6 Å². The Bertz CT molecular complexity index is 1070. The second-order valence-corrected chi connectivity index (χ2v) is 5.64. The molecule has 1 aliphatic heterocycles. The summed E-state index contributed by atoms with van der Waals surface area (Å²) >= 11 is 0. The van der Waals surface area contributed by atoms with Gasteiger partial charge in [0.15, 0.2) is 0 Å². The number of amides is 2. The van der Waals surface area contributed by atoms with Crippen LogP contribution in [0, 0.1) is 0 Å². The highest BCUT2D eigenvalue weighted by Crippen LogP contribution is 2.24. The lowest BCUT2D eigenvalue weighted by atomic mass is 10.1. The van der Waals surface area contributed by atoms with Gasteiger partial charge in [-0.05, 0) is 11.6 Å². The molecule has 4 rings (SSSR count). The van der Waals surface area contributed by atoms with Crippen LogP contribution in [0.25, 0.3) is 5.69 Å². The highest BCUT2D eigenvalue weighted by Gasteiger charge is 2.32. The van der Waals surface area contributed by atoms with E-state index in [0.29, 0.717) is 12.2 Å². The van der Waals surface area contributed by atoms with Crippen LogP contribution in [0.2, 0.25) is 0 Å². The summed E-state index contributed by atoms with van der Waals surface area (Å²) in [6, 6.07) is 8.36. The maximum atomic E-state index is 12.6. The van der Waals surface area contributed by atoms with Crippen molar-refractivity contribution in [2.75, 3.05) is 5.73 Å². The molecule has 0 saturated heterocycles. The molecule has 8 nitrogen and oxygen atoms in total. The Morgan fingerprint density at radius 3 is 2.68 bits per heavy atom. The molecule has 2 amide bonds. The lowest BCUT2D eigenvalue weighted by Crippen LogP contribution is -2.25. The summed E-state index contributed by atoms with van der Waals surface area (Å²) in [5.74, 6) is -1.26. The van der Waals surface area contributed by atoms with Crippen LogP contribution in [0.3, 0.4) is 0 Å². The lowest BCUT2D eigenvalue weighted by Gasteiger charge is -2.16. The summed E-state index contributed by atoms with van der Waals surface area (Å²) in [7, 11) is 0. The van der Waals surface area contributed by atoms with Crippen molar-refractivity contribution in [3.05, 3.63) is 76.1 Å². The van der Waals surface area contributed by atoms with Gasteiger partial charge in [-0.15, -0.1) is 0 Å². The SMILES string of the molecule is Nc1c2c(cc(=O)n1-c1ccccc1Cn1ccnc1)C(=O)NC2=O. The van der Waals surface area contributed by atoms with Gasteiger partial charge in [-0.25, -0.2) is 4.98 Å². The van der Waals surface area contributed by atoms with Crippen molar-refractivity contribution < 1.29 is 9.59 Å². The number of benzene rings is 1. The van der Waals surface area contributed by atoms with Gasteiger partial charge in [0.1, 0.15) is 5.82 Å². The molecule has 0 spiro atoms. The fourth-order valence-electron chi connectivity index (χ4n) is 2.97. The second-order valence-electron chi connectivity index (χ2n) is 5.64. The van der Waals surface area contributed by atoms with Gasteiger partial charge >= 0.3 is 0 Å². The monoisotopic (exact) mass is 335 g/mol. The highest BCUT2D eigenvalue weighted by molar-refractivity contribution is 6.23. The van der Waals surface area contributed by atoms with Crippen LogP contribution in [0.4, 0.5) is 5.82 Å². The van der Waals surface area contributed by atoms with E-state index in [1.165, 1.54) is 4.57 Å². The molecule has 25 heavy (non-hydrogen) atoms. The summed E-state index contributed by atoms with van der Waals surface area (Å²) < 4.78 is 3.10. The third kappa shape index (κ3) is 2.31. The van der Waals surface area contributed by atoms with Crippen molar-refractivity contribution in [2.24, 2.45) is 0 Å². The van der Waals surface area contributed by atoms with Gasteiger partial charge in [0.25, 0.3) is 17.4 Å². The van der Waals surface area contributed by atoms with Crippen LogP contribution in [-0.2, 0) is 6.54 Å². The molecule has 8 heteroatoms. The molecule has 0 unspecified atom stereocenters. The van der Waals surface area contributed by atoms with Gasteiger partial charge in [-0.3, -0.25) is 24.3 Å². The number of aromatic nitrogens is 3. The standard InChI is InChI=1S/C17H13N5O3/c18-15-14-11(16(24)20-17(14)25)7-13(23)22(15)12-4-2-1-3-10(12)8-21-6-5-19-9-21/h1-7,9H,8,18H2,(H,20,24,25). The summed E-state index contributed by atoms with van der Waals surface area (Å²) in [4.78, 5) is 40.3. The van der Waals surface area contributed by atoms with Gasteiger partial charge in [0.2, 0.25) is 0 Å². The molecule has 3 aromatic rings. The van der Waals surface area contributed by atoms with Crippen LogP contribution in [-0.4, -0.2) is 25.9 Å². The molecule has 0 atom stereocenters. The number of carbonyl (C=O) groups excluding carboxylic acids is 2. The molecule has 1 aromatic carbocycles. The number of para-hydroxylation sites is 1. The van der Waals surface area contributed by atoms with E-state index in [0.717, 1.165) is 11.6 Å². The minimum absolute atomic E-state index is 0.0100. The third-order valence-electron chi connectivity index (χ3n) is 4.10. The zero-order valence-electron chi connectivity index (χ0n) is 13.0. The first-order chi connectivity index (χ1) is 12.1. The fourth-order valence-corrected chi connectivity index (χ4v) is 2.97. The molecule has 0 bridgehead atoms. The van der Waals surface area contributed by atoms with Gasteiger partial charge in [-0.2, -0.15) is 0 Å². The fraction of sp³-hybridized carbons (Fsp3) is 0.0588. The smallest absolute Gasteiger partial charge is 0.262 e. The summed E-state index contributed by atoms with van der Waals surface area (Å²) in [6.07, 6.45) is 5.13. The van der Waals surface area contributed by atoms with Crippen molar-refractivity contribution in [3.63, 3.8) is 0 Å². The molecule has 3 heterocycles.